The molecule has 1 rings (SSSR count). The zero-order chi connectivity index (χ0) is 12.1. The Morgan fingerprint density at radius 3 is 2.81 bits per heavy atom. The molecule has 0 aromatic carbocycles. The number of rotatable bonds is 4. The van der Waals surface area contributed by atoms with Gasteiger partial charge in [-0.25, -0.2) is 9.97 Å². The molecule has 1 amide bonds. The fraction of sp³-hybridized carbons (Fsp3) is 0.545. The normalized spacial score (nSPS) is 12.2. The predicted octanol–water partition coefficient (Wildman–Crippen LogP) is 0.351. The van der Waals surface area contributed by atoms with Gasteiger partial charge in [-0.3, -0.25) is 4.79 Å². The number of carbonyl (C=O) groups is 1. The third-order valence-electron chi connectivity index (χ3n) is 2.23. The van der Waals surface area contributed by atoms with Crippen LogP contribution in [0.1, 0.15) is 18.4 Å². The van der Waals surface area contributed by atoms with Crippen LogP contribution in [0, 0.1) is 6.92 Å². The number of nitrogens with zero attached hydrogens (tertiary/aromatic N) is 3. The molecule has 0 spiro atoms. The average molecular weight is 222 g/mol. The molecule has 1 aromatic heterocycles. The van der Waals surface area contributed by atoms with Crippen LogP contribution in [0.15, 0.2) is 12.3 Å². The second-order valence-corrected chi connectivity index (χ2v) is 3.93. The molecule has 0 radical (unpaired) electrons. The first-order valence-corrected chi connectivity index (χ1v) is 5.23. The van der Waals surface area contributed by atoms with Crippen molar-refractivity contribution in [2.24, 2.45) is 0 Å². The van der Waals surface area contributed by atoms with Crippen LogP contribution in [-0.2, 0) is 11.3 Å². The lowest BCUT2D eigenvalue weighted by Crippen LogP contribution is -2.41. The third-order valence-corrected chi connectivity index (χ3v) is 2.23. The van der Waals surface area contributed by atoms with Gasteiger partial charge in [0.2, 0.25) is 5.91 Å². The van der Waals surface area contributed by atoms with Crippen molar-refractivity contribution in [1.82, 2.24) is 20.2 Å². The maximum atomic E-state index is 11.6. The molecule has 1 unspecified atom stereocenters. The van der Waals surface area contributed by atoms with E-state index in [2.05, 4.69) is 15.3 Å². The Hall–Kier alpha value is -1.49. The Balaban J connectivity index is 2.49. The van der Waals surface area contributed by atoms with Crippen LogP contribution in [0.5, 0.6) is 0 Å². The van der Waals surface area contributed by atoms with Crippen molar-refractivity contribution in [3.05, 3.63) is 23.8 Å². The van der Waals surface area contributed by atoms with Gasteiger partial charge in [-0.05, 0) is 19.9 Å². The summed E-state index contributed by atoms with van der Waals surface area (Å²) in [7, 11) is 3.49. The van der Waals surface area contributed by atoms with Crippen molar-refractivity contribution in [2.75, 3.05) is 14.1 Å². The second-order valence-electron chi connectivity index (χ2n) is 3.93. The lowest BCUT2D eigenvalue weighted by Gasteiger charge is -2.17. The number of amides is 1. The number of aromatic nitrogens is 2. The highest BCUT2D eigenvalue weighted by Gasteiger charge is 2.13. The monoisotopic (exact) mass is 222 g/mol. The van der Waals surface area contributed by atoms with E-state index in [9.17, 15) is 4.79 Å². The Kier molecular flexibility index (Phi) is 4.37. The number of hydrogen-bond acceptors (Lipinski definition) is 4. The zero-order valence-corrected chi connectivity index (χ0v) is 10.2. The molecular formula is C11H18N4O. The first kappa shape index (κ1) is 12.6. The number of likely N-dealkylation sites (N-methyl/N-ethyl adjacent to an activating group) is 1. The molecule has 88 valence electrons. The van der Waals surface area contributed by atoms with Crippen LogP contribution in [-0.4, -0.2) is 40.9 Å². The lowest BCUT2D eigenvalue weighted by molar-refractivity contribution is -0.130. The number of carbonyl (C=O) groups excluding carboxylic acids is 1. The topological polar surface area (TPSA) is 58.1 Å². The molecule has 1 atom stereocenters. The molecule has 0 saturated heterocycles. The van der Waals surface area contributed by atoms with Crippen molar-refractivity contribution in [3.8, 4) is 0 Å². The van der Waals surface area contributed by atoms with Gasteiger partial charge >= 0.3 is 0 Å². The first-order chi connectivity index (χ1) is 7.50. The summed E-state index contributed by atoms with van der Waals surface area (Å²) >= 11 is 0. The lowest BCUT2D eigenvalue weighted by atomic mass is 10.3. The van der Waals surface area contributed by atoms with E-state index in [-0.39, 0.29) is 11.9 Å². The van der Waals surface area contributed by atoms with Crippen LogP contribution in [0.4, 0.5) is 0 Å². The summed E-state index contributed by atoms with van der Waals surface area (Å²) < 4.78 is 0. The highest BCUT2D eigenvalue weighted by molar-refractivity contribution is 5.80. The van der Waals surface area contributed by atoms with E-state index in [1.165, 1.54) is 0 Å². The van der Waals surface area contributed by atoms with E-state index in [1.54, 1.807) is 25.2 Å². The summed E-state index contributed by atoms with van der Waals surface area (Å²) in [6, 6.07) is 1.64. The van der Waals surface area contributed by atoms with Gasteiger partial charge in [0.05, 0.1) is 11.7 Å². The van der Waals surface area contributed by atoms with Crippen LogP contribution < -0.4 is 5.32 Å². The average Bonchev–Trinajstić information content (AvgIpc) is 2.24. The second kappa shape index (κ2) is 5.55. The Morgan fingerprint density at radius 1 is 1.56 bits per heavy atom. The van der Waals surface area contributed by atoms with Gasteiger partial charge in [-0.15, -0.1) is 0 Å². The molecule has 0 aliphatic rings. The largest absolute Gasteiger partial charge is 0.347 e. The summed E-state index contributed by atoms with van der Waals surface area (Å²) in [5, 5.41) is 3.13. The highest BCUT2D eigenvalue weighted by atomic mass is 16.2. The van der Waals surface area contributed by atoms with Crippen molar-refractivity contribution in [1.29, 1.82) is 0 Å². The van der Waals surface area contributed by atoms with Crippen LogP contribution in [0.25, 0.3) is 0 Å². The molecular weight excluding hydrogens is 204 g/mol. The van der Waals surface area contributed by atoms with Crippen molar-refractivity contribution < 1.29 is 4.79 Å². The molecule has 5 heteroatoms. The van der Waals surface area contributed by atoms with Gasteiger partial charge in [0.15, 0.2) is 0 Å². The van der Waals surface area contributed by atoms with Crippen molar-refractivity contribution in [2.45, 2.75) is 26.4 Å². The molecule has 1 N–H and O–H groups in total. The van der Waals surface area contributed by atoms with Gasteiger partial charge in [0.1, 0.15) is 5.82 Å². The summed E-state index contributed by atoms with van der Waals surface area (Å²) in [5.74, 6) is 0.802. The van der Waals surface area contributed by atoms with E-state index < -0.39 is 0 Å². The van der Waals surface area contributed by atoms with Crippen LogP contribution >= 0.6 is 0 Å². The SMILES string of the molecule is Cc1nccc(CNC(C)C(=O)N(C)C)n1. The standard InChI is InChI=1S/C11H18N4O/c1-8(11(16)15(3)4)13-7-10-5-6-12-9(2)14-10/h5-6,8,13H,7H2,1-4H3. The van der Waals surface area contributed by atoms with Gasteiger partial charge < -0.3 is 10.2 Å². The first-order valence-electron chi connectivity index (χ1n) is 5.23. The maximum absolute atomic E-state index is 11.6. The smallest absolute Gasteiger partial charge is 0.238 e. The summed E-state index contributed by atoms with van der Waals surface area (Å²) in [6.45, 7) is 4.26. The highest BCUT2D eigenvalue weighted by Crippen LogP contribution is 1.96. The van der Waals surface area contributed by atoms with E-state index in [0.29, 0.717) is 6.54 Å². The molecule has 0 aliphatic heterocycles. The van der Waals surface area contributed by atoms with Gasteiger partial charge in [-0.2, -0.15) is 0 Å². The minimum absolute atomic E-state index is 0.0609. The van der Waals surface area contributed by atoms with Crippen LogP contribution in [0.2, 0.25) is 0 Å². The minimum atomic E-state index is -0.203. The molecule has 0 bridgehead atoms. The predicted molar refractivity (Wildman–Crippen MR) is 61.8 cm³/mol. The molecule has 0 saturated carbocycles. The minimum Gasteiger partial charge on any atom is -0.347 e. The van der Waals surface area contributed by atoms with Crippen molar-refractivity contribution >= 4 is 5.91 Å². The number of hydrogen-bond donors (Lipinski definition) is 1. The fourth-order valence-corrected chi connectivity index (χ4v) is 1.34. The zero-order valence-electron chi connectivity index (χ0n) is 10.2. The van der Waals surface area contributed by atoms with E-state index in [1.807, 2.05) is 19.9 Å². The molecule has 5 nitrogen and oxygen atoms in total. The van der Waals surface area contributed by atoms with Gasteiger partial charge in [0, 0.05) is 26.8 Å². The Bertz CT molecular complexity index is 365. The maximum Gasteiger partial charge on any atom is 0.238 e. The fourth-order valence-electron chi connectivity index (χ4n) is 1.34. The number of aryl methyl sites for hydroxylation is 1. The van der Waals surface area contributed by atoms with E-state index >= 15 is 0 Å². The summed E-state index contributed by atoms with van der Waals surface area (Å²) in [6.07, 6.45) is 1.72. The molecule has 16 heavy (non-hydrogen) atoms. The Labute approximate surface area is 95.9 Å². The Morgan fingerprint density at radius 2 is 2.25 bits per heavy atom. The van der Waals surface area contributed by atoms with E-state index in [0.717, 1.165) is 11.5 Å². The van der Waals surface area contributed by atoms with Gasteiger partial charge in [-0.1, -0.05) is 0 Å². The summed E-state index contributed by atoms with van der Waals surface area (Å²) in [4.78, 5) is 21.4. The van der Waals surface area contributed by atoms with Crippen LogP contribution in [0.3, 0.4) is 0 Å². The molecule has 1 heterocycles. The molecule has 0 fully saturated rings. The molecule has 1 aromatic rings. The van der Waals surface area contributed by atoms with Crippen molar-refractivity contribution in [3.63, 3.8) is 0 Å². The number of nitrogens with one attached hydrogen (secondary N) is 1. The van der Waals surface area contributed by atoms with Gasteiger partial charge in [0.25, 0.3) is 0 Å². The quantitative estimate of drug-likeness (QED) is 0.798. The summed E-state index contributed by atoms with van der Waals surface area (Å²) in [5.41, 5.74) is 0.894. The third kappa shape index (κ3) is 3.58. The van der Waals surface area contributed by atoms with E-state index in [4.69, 9.17) is 0 Å². The molecule has 0 aliphatic carbocycles.